The van der Waals surface area contributed by atoms with Crippen LogP contribution >= 0.6 is 11.6 Å². The molecule has 2 rings (SSSR count). The van der Waals surface area contributed by atoms with Crippen molar-refractivity contribution in [1.82, 2.24) is 9.88 Å². The maximum atomic E-state index is 10.1. The van der Waals surface area contributed by atoms with Crippen LogP contribution in [0.5, 0.6) is 0 Å². The van der Waals surface area contributed by atoms with Crippen LogP contribution in [-0.2, 0) is 6.54 Å². The number of aromatic nitrogens is 1. The van der Waals surface area contributed by atoms with Crippen LogP contribution < -0.4 is 0 Å². The standard InChI is InChI=1S/C14H21ClN2O/c1-2-13(18)12-5-3-4-8-17(12)10-11-6-7-14(15)16-9-11/h6-7,9,12-13,18H,2-5,8,10H2,1H3. The summed E-state index contributed by atoms with van der Waals surface area (Å²) in [5, 5.41) is 10.6. The average molecular weight is 269 g/mol. The summed E-state index contributed by atoms with van der Waals surface area (Å²) >= 11 is 5.79. The Morgan fingerprint density at radius 3 is 3.00 bits per heavy atom. The highest BCUT2D eigenvalue weighted by Crippen LogP contribution is 2.23. The second kappa shape index (κ2) is 6.50. The molecule has 0 radical (unpaired) electrons. The molecule has 0 spiro atoms. The Morgan fingerprint density at radius 2 is 2.33 bits per heavy atom. The van der Waals surface area contributed by atoms with Gasteiger partial charge in [0.15, 0.2) is 0 Å². The number of hydrogen-bond acceptors (Lipinski definition) is 3. The third-order valence-electron chi connectivity index (χ3n) is 3.70. The van der Waals surface area contributed by atoms with E-state index < -0.39 is 0 Å². The minimum atomic E-state index is -0.217. The third-order valence-corrected chi connectivity index (χ3v) is 3.92. The Hall–Kier alpha value is -0.640. The van der Waals surface area contributed by atoms with Crippen LogP contribution in [-0.4, -0.2) is 33.7 Å². The lowest BCUT2D eigenvalue weighted by atomic mass is 9.95. The third kappa shape index (κ3) is 3.44. The molecule has 0 amide bonds. The number of hydrogen-bond donors (Lipinski definition) is 1. The lowest BCUT2D eigenvalue weighted by Gasteiger charge is -2.38. The summed E-state index contributed by atoms with van der Waals surface area (Å²) in [4.78, 5) is 6.49. The predicted molar refractivity (Wildman–Crippen MR) is 73.6 cm³/mol. The monoisotopic (exact) mass is 268 g/mol. The van der Waals surface area contributed by atoms with E-state index in [-0.39, 0.29) is 6.10 Å². The first-order valence-electron chi connectivity index (χ1n) is 6.73. The van der Waals surface area contributed by atoms with Crippen molar-refractivity contribution in [2.45, 2.75) is 51.3 Å². The van der Waals surface area contributed by atoms with Gasteiger partial charge in [-0.2, -0.15) is 0 Å². The summed E-state index contributed by atoms with van der Waals surface area (Å²) in [6.45, 7) is 3.96. The minimum absolute atomic E-state index is 0.217. The van der Waals surface area contributed by atoms with Crippen LogP contribution in [0.4, 0.5) is 0 Å². The lowest BCUT2D eigenvalue weighted by molar-refractivity contribution is 0.0195. The molecule has 1 saturated heterocycles. The second-order valence-corrected chi connectivity index (χ2v) is 5.39. The van der Waals surface area contributed by atoms with Gasteiger partial charge in [0.2, 0.25) is 0 Å². The van der Waals surface area contributed by atoms with Gasteiger partial charge in [-0.25, -0.2) is 4.98 Å². The Labute approximate surface area is 114 Å². The fraction of sp³-hybridized carbons (Fsp3) is 0.643. The highest BCUT2D eigenvalue weighted by Gasteiger charge is 2.27. The molecular formula is C14H21ClN2O. The largest absolute Gasteiger partial charge is 0.392 e. The normalized spacial score (nSPS) is 22.9. The van der Waals surface area contributed by atoms with Crippen molar-refractivity contribution >= 4 is 11.6 Å². The Bertz CT molecular complexity index is 369. The summed E-state index contributed by atoms with van der Waals surface area (Å²) in [7, 11) is 0. The van der Waals surface area contributed by atoms with E-state index in [1.165, 1.54) is 12.8 Å². The number of rotatable bonds is 4. The van der Waals surface area contributed by atoms with Crippen molar-refractivity contribution in [1.29, 1.82) is 0 Å². The van der Waals surface area contributed by atoms with Crippen molar-refractivity contribution in [2.24, 2.45) is 0 Å². The van der Waals surface area contributed by atoms with Crippen LogP contribution in [0.1, 0.15) is 38.2 Å². The van der Waals surface area contributed by atoms with Crippen molar-refractivity contribution < 1.29 is 5.11 Å². The summed E-state index contributed by atoms with van der Waals surface area (Å²) in [5.74, 6) is 0. The van der Waals surface area contributed by atoms with Gasteiger partial charge in [-0.1, -0.05) is 31.0 Å². The van der Waals surface area contributed by atoms with E-state index in [1.807, 2.05) is 25.3 Å². The first kappa shape index (κ1) is 13.8. The van der Waals surface area contributed by atoms with Crippen molar-refractivity contribution in [3.8, 4) is 0 Å². The van der Waals surface area contributed by atoms with Gasteiger partial charge in [0, 0.05) is 18.8 Å². The summed E-state index contributed by atoms with van der Waals surface area (Å²) < 4.78 is 0. The van der Waals surface area contributed by atoms with Gasteiger partial charge < -0.3 is 5.11 Å². The molecule has 1 aromatic heterocycles. The van der Waals surface area contributed by atoms with Gasteiger partial charge in [-0.3, -0.25) is 4.90 Å². The maximum absolute atomic E-state index is 10.1. The van der Waals surface area contributed by atoms with E-state index >= 15 is 0 Å². The zero-order chi connectivity index (χ0) is 13.0. The van der Waals surface area contributed by atoms with Crippen molar-refractivity contribution in [3.63, 3.8) is 0 Å². The van der Waals surface area contributed by atoms with Crippen molar-refractivity contribution in [2.75, 3.05) is 6.54 Å². The fourth-order valence-electron chi connectivity index (χ4n) is 2.66. The molecule has 1 aromatic rings. The summed E-state index contributed by atoms with van der Waals surface area (Å²) in [5.41, 5.74) is 1.16. The molecule has 2 heterocycles. The van der Waals surface area contributed by atoms with Crippen LogP contribution in [0, 0.1) is 0 Å². The molecule has 4 heteroatoms. The van der Waals surface area contributed by atoms with E-state index in [1.54, 1.807) is 0 Å². The quantitative estimate of drug-likeness (QED) is 0.853. The van der Waals surface area contributed by atoms with Crippen LogP contribution in [0.25, 0.3) is 0 Å². The molecule has 0 aliphatic carbocycles. The first-order valence-corrected chi connectivity index (χ1v) is 7.11. The van der Waals surface area contributed by atoms with Gasteiger partial charge in [-0.05, 0) is 37.4 Å². The predicted octanol–water partition coefficient (Wildman–Crippen LogP) is 2.86. The molecule has 0 bridgehead atoms. The smallest absolute Gasteiger partial charge is 0.129 e. The fourth-order valence-corrected chi connectivity index (χ4v) is 2.77. The highest BCUT2D eigenvalue weighted by atomic mass is 35.5. The average Bonchev–Trinajstić information content (AvgIpc) is 2.41. The Balaban J connectivity index is 2.03. The van der Waals surface area contributed by atoms with Crippen molar-refractivity contribution in [3.05, 3.63) is 29.0 Å². The van der Waals surface area contributed by atoms with Gasteiger partial charge in [-0.15, -0.1) is 0 Å². The molecule has 3 nitrogen and oxygen atoms in total. The van der Waals surface area contributed by atoms with E-state index in [0.717, 1.165) is 31.5 Å². The van der Waals surface area contributed by atoms with Gasteiger partial charge >= 0.3 is 0 Å². The summed E-state index contributed by atoms with van der Waals surface area (Å²) in [6, 6.07) is 4.13. The molecular weight excluding hydrogens is 248 g/mol. The number of pyridine rings is 1. The van der Waals surface area contributed by atoms with Gasteiger partial charge in [0.25, 0.3) is 0 Å². The molecule has 2 atom stereocenters. The van der Waals surface area contributed by atoms with Gasteiger partial charge in [0.1, 0.15) is 5.15 Å². The number of piperidine rings is 1. The molecule has 100 valence electrons. The molecule has 1 fully saturated rings. The zero-order valence-corrected chi connectivity index (χ0v) is 11.6. The number of likely N-dealkylation sites (tertiary alicyclic amines) is 1. The van der Waals surface area contributed by atoms with E-state index in [2.05, 4.69) is 9.88 Å². The van der Waals surface area contributed by atoms with E-state index in [9.17, 15) is 5.11 Å². The van der Waals surface area contributed by atoms with Crippen LogP contribution in [0.3, 0.4) is 0 Å². The van der Waals surface area contributed by atoms with Crippen LogP contribution in [0.15, 0.2) is 18.3 Å². The Morgan fingerprint density at radius 1 is 1.50 bits per heavy atom. The highest BCUT2D eigenvalue weighted by molar-refractivity contribution is 6.29. The molecule has 2 unspecified atom stereocenters. The topological polar surface area (TPSA) is 36.4 Å². The Kier molecular flexibility index (Phi) is 4.98. The lowest BCUT2D eigenvalue weighted by Crippen LogP contribution is -2.46. The maximum Gasteiger partial charge on any atom is 0.129 e. The van der Waals surface area contributed by atoms with E-state index in [0.29, 0.717) is 11.2 Å². The SMILES string of the molecule is CCC(O)C1CCCCN1Cc1ccc(Cl)nc1. The summed E-state index contributed by atoms with van der Waals surface area (Å²) in [6.07, 6.45) is 5.96. The molecule has 0 saturated carbocycles. The minimum Gasteiger partial charge on any atom is -0.392 e. The number of aliphatic hydroxyl groups is 1. The first-order chi connectivity index (χ1) is 8.70. The van der Waals surface area contributed by atoms with Gasteiger partial charge in [0.05, 0.1) is 6.10 Å². The second-order valence-electron chi connectivity index (χ2n) is 5.00. The molecule has 1 aliphatic heterocycles. The number of halogens is 1. The van der Waals surface area contributed by atoms with Crippen LogP contribution in [0.2, 0.25) is 5.15 Å². The number of aliphatic hydroxyl groups excluding tert-OH is 1. The van der Waals surface area contributed by atoms with E-state index in [4.69, 9.17) is 11.6 Å². The zero-order valence-electron chi connectivity index (χ0n) is 10.8. The molecule has 18 heavy (non-hydrogen) atoms. The molecule has 1 aliphatic rings. The number of nitrogens with zero attached hydrogens (tertiary/aromatic N) is 2. The molecule has 0 aromatic carbocycles. The molecule has 1 N–H and O–H groups in total.